The number of alkyl halides is 4. The highest BCUT2D eigenvalue weighted by atomic mass is 19.3. The van der Waals surface area contributed by atoms with E-state index in [9.17, 15) is 17.6 Å². The maximum atomic E-state index is 12.5. The second-order valence-electron chi connectivity index (χ2n) is 4.52. The molecule has 2 aromatic rings. The molecule has 0 aliphatic heterocycles. The fourth-order valence-electron chi connectivity index (χ4n) is 1.80. The van der Waals surface area contributed by atoms with Crippen molar-refractivity contribution in [2.75, 3.05) is 0 Å². The number of oxime groups is 1. The van der Waals surface area contributed by atoms with Crippen LogP contribution in [0.5, 0.6) is 0 Å². The Morgan fingerprint density at radius 3 is 2.23 bits per heavy atom. The predicted molar refractivity (Wildman–Crippen MR) is 75.2 cm³/mol. The van der Waals surface area contributed by atoms with E-state index in [1.54, 1.807) is 12.1 Å². The van der Waals surface area contributed by atoms with Gasteiger partial charge in [0.25, 0.3) is 12.9 Å². The van der Waals surface area contributed by atoms with E-state index in [4.69, 9.17) is 4.84 Å². The van der Waals surface area contributed by atoms with Gasteiger partial charge in [0.1, 0.15) is 6.61 Å². The van der Waals surface area contributed by atoms with Gasteiger partial charge < -0.3 is 4.84 Å². The number of hydrogen-bond donors (Lipinski definition) is 0. The first-order chi connectivity index (χ1) is 10.6. The van der Waals surface area contributed by atoms with E-state index < -0.39 is 12.9 Å². The molecule has 0 unspecified atom stereocenters. The summed E-state index contributed by atoms with van der Waals surface area (Å²) in [4.78, 5) is 5.00. The summed E-state index contributed by atoms with van der Waals surface area (Å²) in [5.74, 6) is 0. The van der Waals surface area contributed by atoms with Gasteiger partial charge in [-0.15, -0.1) is 0 Å². The van der Waals surface area contributed by atoms with E-state index in [2.05, 4.69) is 5.16 Å². The van der Waals surface area contributed by atoms with Crippen LogP contribution in [0.1, 0.15) is 35.1 Å². The summed E-state index contributed by atoms with van der Waals surface area (Å²) in [5.41, 5.74) is 0.832. The lowest BCUT2D eigenvalue weighted by Gasteiger charge is -2.03. The molecule has 0 fully saturated rings. The highest BCUT2D eigenvalue weighted by Gasteiger charge is 2.07. The molecule has 0 saturated heterocycles. The number of rotatable bonds is 6. The van der Waals surface area contributed by atoms with Crippen molar-refractivity contribution in [2.24, 2.45) is 5.16 Å². The second kappa shape index (κ2) is 7.59. The molecule has 0 atom stereocenters. The topological polar surface area (TPSA) is 21.6 Å². The van der Waals surface area contributed by atoms with E-state index in [-0.39, 0.29) is 17.7 Å². The predicted octanol–water partition coefficient (Wildman–Crippen LogP) is 5.11. The normalized spacial score (nSPS) is 11.5. The molecule has 0 N–H and O–H groups in total. The van der Waals surface area contributed by atoms with Crippen molar-refractivity contribution in [3.05, 3.63) is 70.8 Å². The second-order valence-corrected chi connectivity index (χ2v) is 4.52. The van der Waals surface area contributed by atoms with Gasteiger partial charge in [0.15, 0.2) is 0 Å². The van der Waals surface area contributed by atoms with Gasteiger partial charge in [-0.2, -0.15) is 0 Å². The summed E-state index contributed by atoms with van der Waals surface area (Å²) in [5, 5.41) is 3.65. The van der Waals surface area contributed by atoms with Crippen molar-refractivity contribution in [3.63, 3.8) is 0 Å². The molecule has 2 rings (SSSR count). The van der Waals surface area contributed by atoms with Crippen LogP contribution in [0.3, 0.4) is 0 Å². The quantitative estimate of drug-likeness (QED) is 0.412. The lowest BCUT2D eigenvalue weighted by atomic mass is 10.1. The molecule has 0 aliphatic rings. The molecule has 0 aromatic heterocycles. The number of halogens is 4. The Balaban J connectivity index is 1.93. The molecule has 0 aliphatic carbocycles. The standard InChI is InChI=1S/C16H13F4NO/c17-15(18)13-5-1-3-11(7-13)9-21-22-10-12-4-2-6-14(8-12)16(19)20/h1-9,15-16H,10H2. The van der Waals surface area contributed by atoms with Crippen molar-refractivity contribution in [3.8, 4) is 0 Å². The van der Waals surface area contributed by atoms with Gasteiger partial charge in [-0.3, -0.25) is 0 Å². The van der Waals surface area contributed by atoms with Crippen molar-refractivity contribution in [1.82, 2.24) is 0 Å². The van der Waals surface area contributed by atoms with Crippen LogP contribution in [-0.2, 0) is 11.4 Å². The van der Waals surface area contributed by atoms with Crippen molar-refractivity contribution in [2.45, 2.75) is 19.5 Å². The average molecular weight is 311 g/mol. The Kier molecular flexibility index (Phi) is 5.52. The van der Waals surface area contributed by atoms with Crippen LogP contribution in [0, 0.1) is 0 Å². The minimum atomic E-state index is -2.55. The van der Waals surface area contributed by atoms with Gasteiger partial charge in [0.05, 0.1) is 6.21 Å². The molecule has 116 valence electrons. The lowest BCUT2D eigenvalue weighted by Crippen LogP contribution is -1.92. The van der Waals surface area contributed by atoms with Crippen LogP contribution in [-0.4, -0.2) is 6.21 Å². The minimum absolute atomic E-state index is 0.0194. The summed E-state index contributed by atoms with van der Waals surface area (Å²) >= 11 is 0. The molecule has 0 saturated carbocycles. The van der Waals surface area contributed by atoms with Crippen LogP contribution in [0.15, 0.2) is 53.7 Å². The zero-order valence-electron chi connectivity index (χ0n) is 11.4. The van der Waals surface area contributed by atoms with Gasteiger partial charge in [0.2, 0.25) is 0 Å². The van der Waals surface area contributed by atoms with Gasteiger partial charge >= 0.3 is 0 Å². The first kappa shape index (κ1) is 16.0. The molecule has 22 heavy (non-hydrogen) atoms. The van der Waals surface area contributed by atoms with Gasteiger partial charge in [-0.1, -0.05) is 41.6 Å². The van der Waals surface area contributed by atoms with Crippen LogP contribution in [0.25, 0.3) is 0 Å². The SMILES string of the molecule is FC(F)c1cccc(C=NOCc2cccc(C(F)F)c2)c1. The van der Waals surface area contributed by atoms with E-state index in [1.807, 2.05) is 0 Å². The number of benzene rings is 2. The van der Waals surface area contributed by atoms with Gasteiger partial charge in [-0.05, 0) is 23.3 Å². The molecule has 0 radical (unpaired) electrons. The third-order valence-corrected chi connectivity index (χ3v) is 2.87. The van der Waals surface area contributed by atoms with Crippen LogP contribution in [0.4, 0.5) is 17.6 Å². The van der Waals surface area contributed by atoms with Crippen LogP contribution in [0.2, 0.25) is 0 Å². The van der Waals surface area contributed by atoms with Crippen LogP contribution < -0.4 is 0 Å². The maximum Gasteiger partial charge on any atom is 0.263 e. The molecule has 0 bridgehead atoms. The third-order valence-electron chi connectivity index (χ3n) is 2.87. The lowest BCUT2D eigenvalue weighted by molar-refractivity contribution is 0.130. The Hall–Kier alpha value is -2.37. The highest BCUT2D eigenvalue weighted by Crippen LogP contribution is 2.20. The molecular weight excluding hydrogens is 298 g/mol. The number of hydrogen-bond acceptors (Lipinski definition) is 2. The Bertz CT molecular complexity index is 644. The van der Waals surface area contributed by atoms with Gasteiger partial charge in [-0.25, -0.2) is 17.6 Å². The summed E-state index contributed by atoms with van der Waals surface area (Å²) in [6.07, 6.45) is -3.80. The Labute approximate surface area is 125 Å². The Morgan fingerprint density at radius 2 is 1.55 bits per heavy atom. The molecule has 0 heterocycles. The first-order valence-electron chi connectivity index (χ1n) is 6.46. The molecule has 2 aromatic carbocycles. The van der Waals surface area contributed by atoms with E-state index in [0.717, 1.165) is 0 Å². The van der Waals surface area contributed by atoms with Gasteiger partial charge in [0, 0.05) is 11.1 Å². The number of nitrogens with zero attached hydrogens (tertiary/aromatic N) is 1. The Morgan fingerprint density at radius 1 is 0.909 bits per heavy atom. The van der Waals surface area contributed by atoms with E-state index in [1.165, 1.54) is 42.6 Å². The maximum absolute atomic E-state index is 12.5. The van der Waals surface area contributed by atoms with E-state index >= 15 is 0 Å². The largest absolute Gasteiger partial charge is 0.391 e. The van der Waals surface area contributed by atoms with Crippen LogP contribution >= 0.6 is 0 Å². The monoisotopic (exact) mass is 311 g/mol. The molecule has 6 heteroatoms. The third kappa shape index (κ3) is 4.58. The molecule has 2 nitrogen and oxygen atoms in total. The molecular formula is C16H13F4NO. The van der Waals surface area contributed by atoms with Crippen molar-refractivity contribution in [1.29, 1.82) is 0 Å². The zero-order chi connectivity index (χ0) is 15.9. The average Bonchev–Trinajstić information content (AvgIpc) is 2.52. The minimum Gasteiger partial charge on any atom is -0.391 e. The summed E-state index contributed by atoms with van der Waals surface area (Å²) in [6.45, 7) is 0.0194. The smallest absolute Gasteiger partial charge is 0.263 e. The summed E-state index contributed by atoms with van der Waals surface area (Å²) in [6, 6.07) is 11.5. The molecule has 0 spiro atoms. The first-order valence-corrected chi connectivity index (χ1v) is 6.46. The summed E-state index contributed by atoms with van der Waals surface area (Å²) in [7, 11) is 0. The molecule has 0 amide bonds. The van der Waals surface area contributed by atoms with Crippen molar-refractivity contribution >= 4 is 6.21 Å². The fraction of sp³-hybridized carbons (Fsp3) is 0.188. The highest BCUT2D eigenvalue weighted by molar-refractivity contribution is 5.79. The fourth-order valence-corrected chi connectivity index (χ4v) is 1.80. The van der Waals surface area contributed by atoms with Crippen molar-refractivity contribution < 1.29 is 22.4 Å². The van der Waals surface area contributed by atoms with E-state index in [0.29, 0.717) is 11.1 Å². The summed E-state index contributed by atoms with van der Waals surface area (Å²) < 4.78 is 50.1. The zero-order valence-corrected chi connectivity index (χ0v) is 11.4.